The molecule has 0 saturated heterocycles. The second-order valence-corrected chi connectivity index (χ2v) is 5.01. The quantitative estimate of drug-likeness (QED) is 0.860. The Kier molecular flexibility index (Phi) is 3.37. The monoisotopic (exact) mass is 271 g/mol. The molecule has 0 radical (unpaired) electrons. The molecule has 1 fully saturated rings. The minimum Gasteiger partial charge on any atom is -0.367 e. The second-order valence-electron chi connectivity index (χ2n) is 5.01. The lowest BCUT2D eigenvalue weighted by atomic mass is 10.2. The predicted molar refractivity (Wildman–Crippen MR) is 75.3 cm³/mol. The van der Waals surface area contributed by atoms with Gasteiger partial charge in [0.1, 0.15) is 5.82 Å². The Balaban J connectivity index is 1.60. The van der Waals surface area contributed by atoms with Crippen LogP contribution in [0.1, 0.15) is 29.0 Å². The fourth-order valence-corrected chi connectivity index (χ4v) is 1.95. The van der Waals surface area contributed by atoms with Gasteiger partial charge in [0.2, 0.25) is 0 Å². The summed E-state index contributed by atoms with van der Waals surface area (Å²) in [6.07, 6.45) is 7.54. The van der Waals surface area contributed by atoms with E-state index in [2.05, 4.69) is 20.6 Å². The first-order chi connectivity index (χ1) is 9.72. The molecule has 2 aromatic heterocycles. The van der Waals surface area contributed by atoms with Crippen molar-refractivity contribution >= 4 is 11.7 Å². The average molecular weight is 271 g/mol. The number of pyridine rings is 1. The third-order valence-electron chi connectivity index (χ3n) is 3.23. The lowest BCUT2D eigenvalue weighted by Crippen LogP contribution is -2.25. The molecule has 20 heavy (non-hydrogen) atoms. The number of anilines is 1. The Labute approximate surface area is 117 Å². The summed E-state index contributed by atoms with van der Waals surface area (Å²) in [5.41, 5.74) is 1.02. The largest absolute Gasteiger partial charge is 0.367 e. The SMILES string of the molecule is Cn1ccnc1C(=O)NCc1ccnc(NC2CC2)c1. The molecule has 0 aromatic carbocycles. The second kappa shape index (κ2) is 5.32. The zero-order valence-corrected chi connectivity index (χ0v) is 11.3. The zero-order chi connectivity index (χ0) is 13.9. The summed E-state index contributed by atoms with van der Waals surface area (Å²) in [4.78, 5) is 20.2. The number of carbonyl (C=O) groups excluding carboxylic acids is 1. The first-order valence-electron chi connectivity index (χ1n) is 6.69. The lowest BCUT2D eigenvalue weighted by Gasteiger charge is -2.08. The maximum Gasteiger partial charge on any atom is 0.287 e. The summed E-state index contributed by atoms with van der Waals surface area (Å²) in [6.45, 7) is 0.466. The fourth-order valence-electron chi connectivity index (χ4n) is 1.95. The highest BCUT2D eigenvalue weighted by Crippen LogP contribution is 2.23. The molecule has 1 amide bonds. The zero-order valence-electron chi connectivity index (χ0n) is 11.3. The third kappa shape index (κ3) is 2.96. The predicted octanol–water partition coefficient (Wildman–Crippen LogP) is 1.32. The van der Waals surface area contributed by atoms with E-state index >= 15 is 0 Å². The highest BCUT2D eigenvalue weighted by atomic mass is 16.2. The standard InChI is InChI=1S/C14H17N5O/c1-19-7-6-16-13(19)14(20)17-9-10-4-5-15-12(8-10)18-11-2-3-11/h4-8,11H,2-3,9H2,1H3,(H,15,18)(H,17,20). The molecule has 1 aliphatic rings. The molecule has 1 aliphatic carbocycles. The van der Waals surface area contributed by atoms with Gasteiger partial charge in [0, 0.05) is 38.2 Å². The minimum absolute atomic E-state index is 0.175. The summed E-state index contributed by atoms with van der Waals surface area (Å²) < 4.78 is 1.70. The number of aromatic nitrogens is 3. The number of nitrogens with one attached hydrogen (secondary N) is 2. The summed E-state index contributed by atoms with van der Waals surface area (Å²) in [6, 6.07) is 4.44. The highest BCUT2D eigenvalue weighted by molar-refractivity contribution is 5.90. The van der Waals surface area contributed by atoms with E-state index in [4.69, 9.17) is 0 Å². The van der Waals surface area contributed by atoms with Crippen molar-refractivity contribution in [1.29, 1.82) is 0 Å². The van der Waals surface area contributed by atoms with Crippen LogP contribution in [0.4, 0.5) is 5.82 Å². The van der Waals surface area contributed by atoms with E-state index in [1.165, 1.54) is 12.8 Å². The van der Waals surface area contributed by atoms with Gasteiger partial charge in [0.05, 0.1) is 0 Å². The lowest BCUT2D eigenvalue weighted by molar-refractivity contribution is 0.0937. The van der Waals surface area contributed by atoms with Crippen LogP contribution in [0.3, 0.4) is 0 Å². The molecule has 6 nitrogen and oxygen atoms in total. The Morgan fingerprint density at radius 1 is 1.40 bits per heavy atom. The summed E-state index contributed by atoms with van der Waals surface area (Å²) in [5, 5.41) is 6.20. The molecular formula is C14H17N5O. The number of nitrogens with zero attached hydrogens (tertiary/aromatic N) is 3. The van der Waals surface area contributed by atoms with Crippen LogP contribution >= 0.6 is 0 Å². The molecule has 0 bridgehead atoms. The molecule has 2 heterocycles. The first-order valence-corrected chi connectivity index (χ1v) is 6.69. The van der Waals surface area contributed by atoms with Gasteiger partial charge in [-0.1, -0.05) is 0 Å². The van der Waals surface area contributed by atoms with E-state index in [1.807, 2.05) is 12.1 Å². The number of hydrogen-bond donors (Lipinski definition) is 2. The Morgan fingerprint density at radius 2 is 2.25 bits per heavy atom. The van der Waals surface area contributed by atoms with Gasteiger partial charge in [0.25, 0.3) is 5.91 Å². The van der Waals surface area contributed by atoms with Crippen LogP contribution in [0.2, 0.25) is 0 Å². The molecule has 0 spiro atoms. The topological polar surface area (TPSA) is 71.8 Å². The summed E-state index contributed by atoms with van der Waals surface area (Å²) in [7, 11) is 1.80. The van der Waals surface area contributed by atoms with Gasteiger partial charge < -0.3 is 15.2 Å². The van der Waals surface area contributed by atoms with Crippen molar-refractivity contribution < 1.29 is 4.79 Å². The van der Waals surface area contributed by atoms with Gasteiger partial charge in [-0.3, -0.25) is 4.79 Å². The Morgan fingerprint density at radius 3 is 2.95 bits per heavy atom. The van der Waals surface area contributed by atoms with Gasteiger partial charge >= 0.3 is 0 Å². The van der Waals surface area contributed by atoms with Crippen molar-refractivity contribution in [3.05, 3.63) is 42.1 Å². The number of carbonyl (C=O) groups is 1. The molecule has 3 rings (SSSR count). The first kappa shape index (κ1) is 12.7. The van der Waals surface area contributed by atoms with E-state index in [9.17, 15) is 4.79 Å². The van der Waals surface area contributed by atoms with E-state index in [-0.39, 0.29) is 5.91 Å². The average Bonchev–Trinajstić information content (AvgIpc) is 3.15. The number of imidazole rings is 1. The smallest absolute Gasteiger partial charge is 0.287 e. The van der Waals surface area contributed by atoms with Gasteiger partial charge in [-0.05, 0) is 30.5 Å². The number of rotatable bonds is 5. The number of hydrogen-bond acceptors (Lipinski definition) is 4. The molecule has 0 atom stereocenters. The summed E-state index contributed by atoms with van der Waals surface area (Å²) >= 11 is 0. The molecule has 2 aromatic rings. The van der Waals surface area contributed by atoms with Crippen LogP contribution in [0.5, 0.6) is 0 Å². The highest BCUT2D eigenvalue weighted by Gasteiger charge is 2.21. The van der Waals surface area contributed by atoms with Crippen LogP contribution in [0, 0.1) is 0 Å². The molecule has 2 N–H and O–H groups in total. The Bertz CT molecular complexity index is 618. The third-order valence-corrected chi connectivity index (χ3v) is 3.23. The van der Waals surface area contributed by atoms with Crippen molar-refractivity contribution in [2.75, 3.05) is 5.32 Å². The van der Waals surface area contributed by atoms with Crippen molar-refractivity contribution in [3.63, 3.8) is 0 Å². The number of aryl methyl sites for hydroxylation is 1. The van der Waals surface area contributed by atoms with Gasteiger partial charge in [-0.2, -0.15) is 0 Å². The molecule has 1 saturated carbocycles. The van der Waals surface area contributed by atoms with Crippen molar-refractivity contribution in [1.82, 2.24) is 19.9 Å². The minimum atomic E-state index is -0.175. The van der Waals surface area contributed by atoms with E-state index in [1.54, 1.807) is 30.2 Å². The molecule has 6 heteroatoms. The fraction of sp³-hybridized carbons (Fsp3) is 0.357. The maximum absolute atomic E-state index is 11.9. The molecule has 0 unspecified atom stereocenters. The van der Waals surface area contributed by atoms with Crippen LogP contribution in [-0.2, 0) is 13.6 Å². The number of amides is 1. The van der Waals surface area contributed by atoms with Crippen molar-refractivity contribution in [2.24, 2.45) is 7.05 Å². The molecular weight excluding hydrogens is 254 g/mol. The van der Waals surface area contributed by atoms with E-state index < -0.39 is 0 Å². The summed E-state index contributed by atoms with van der Waals surface area (Å²) in [5.74, 6) is 1.11. The van der Waals surface area contributed by atoms with Gasteiger partial charge in [-0.25, -0.2) is 9.97 Å². The molecule has 0 aliphatic heterocycles. The van der Waals surface area contributed by atoms with Gasteiger partial charge in [0.15, 0.2) is 5.82 Å². The van der Waals surface area contributed by atoms with Crippen molar-refractivity contribution in [2.45, 2.75) is 25.4 Å². The van der Waals surface area contributed by atoms with Gasteiger partial charge in [-0.15, -0.1) is 0 Å². The van der Waals surface area contributed by atoms with Crippen LogP contribution in [-0.4, -0.2) is 26.5 Å². The van der Waals surface area contributed by atoms with Crippen LogP contribution in [0.25, 0.3) is 0 Å². The van der Waals surface area contributed by atoms with E-state index in [0.29, 0.717) is 18.4 Å². The molecule has 104 valence electrons. The Hall–Kier alpha value is -2.37. The normalized spacial score (nSPS) is 14.1. The maximum atomic E-state index is 11.9. The van der Waals surface area contributed by atoms with Crippen molar-refractivity contribution in [3.8, 4) is 0 Å². The van der Waals surface area contributed by atoms with E-state index in [0.717, 1.165) is 11.4 Å². The van der Waals surface area contributed by atoms with Crippen LogP contribution < -0.4 is 10.6 Å². The van der Waals surface area contributed by atoms with Crippen LogP contribution in [0.15, 0.2) is 30.7 Å².